The van der Waals surface area contributed by atoms with Crippen LogP contribution in [0.4, 0.5) is 11.4 Å². The number of hydrogen-bond acceptors (Lipinski definition) is 3. The molecule has 110 valence electrons. The van der Waals surface area contributed by atoms with Gasteiger partial charge in [0.1, 0.15) is 0 Å². The van der Waals surface area contributed by atoms with E-state index in [9.17, 15) is 0 Å². The van der Waals surface area contributed by atoms with Gasteiger partial charge in [-0.05, 0) is 49.1 Å². The molecule has 2 aromatic rings. The third kappa shape index (κ3) is 3.75. The summed E-state index contributed by atoms with van der Waals surface area (Å²) in [6, 6.07) is 14.7. The van der Waals surface area contributed by atoms with E-state index in [-0.39, 0.29) is 0 Å². The van der Waals surface area contributed by atoms with E-state index in [0.717, 1.165) is 23.8 Å². The average Bonchev–Trinajstić information content (AvgIpc) is 2.55. The van der Waals surface area contributed by atoms with Crippen molar-refractivity contribution in [3.05, 3.63) is 54.4 Å². The molecule has 0 amide bonds. The molecule has 3 nitrogen and oxygen atoms in total. The van der Waals surface area contributed by atoms with Crippen LogP contribution < -0.4 is 10.2 Å². The fourth-order valence-corrected chi connectivity index (χ4v) is 2.77. The maximum atomic E-state index is 4.34. The van der Waals surface area contributed by atoms with Crippen LogP contribution in [0, 0.1) is 5.92 Å². The van der Waals surface area contributed by atoms with Crippen molar-refractivity contribution in [2.24, 2.45) is 5.92 Å². The third-order valence-electron chi connectivity index (χ3n) is 4.19. The Morgan fingerprint density at radius 1 is 1.14 bits per heavy atom. The Bertz CT molecular complexity index is 560. The molecule has 1 aromatic heterocycles. The normalized spacial score (nSPS) is 16.0. The Kier molecular flexibility index (Phi) is 4.39. The van der Waals surface area contributed by atoms with E-state index in [1.807, 2.05) is 24.4 Å². The summed E-state index contributed by atoms with van der Waals surface area (Å²) < 4.78 is 0. The lowest BCUT2D eigenvalue weighted by atomic mass is 9.99. The molecule has 0 radical (unpaired) electrons. The van der Waals surface area contributed by atoms with Gasteiger partial charge in [0, 0.05) is 30.7 Å². The van der Waals surface area contributed by atoms with Crippen molar-refractivity contribution in [3.8, 4) is 0 Å². The summed E-state index contributed by atoms with van der Waals surface area (Å²) in [5, 5.41) is 3.46. The highest BCUT2D eigenvalue weighted by Crippen LogP contribution is 2.25. The minimum atomic E-state index is 0.765. The quantitative estimate of drug-likeness (QED) is 0.920. The molecule has 1 fully saturated rings. The topological polar surface area (TPSA) is 28.2 Å². The zero-order valence-corrected chi connectivity index (χ0v) is 12.6. The van der Waals surface area contributed by atoms with Crippen LogP contribution in [0.15, 0.2) is 48.7 Å². The van der Waals surface area contributed by atoms with Gasteiger partial charge < -0.3 is 10.2 Å². The molecule has 0 saturated carbocycles. The molecule has 1 N–H and O–H groups in total. The first-order chi connectivity index (χ1) is 10.3. The predicted octanol–water partition coefficient (Wildman–Crippen LogP) is 3.93. The van der Waals surface area contributed by atoms with E-state index in [0.29, 0.717) is 0 Å². The first-order valence-electron chi connectivity index (χ1n) is 7.80. The molecule has 1 aromatic carbocycles. The van der Waals surface area contributed by atoms with Gasteiger partial charge in [0.2, 0.25) is 0 Å². The summed E-state index contributed by atoms with van der Waals surface area (Å²) in [5.41, 5.74) is 3.55. The van der Waals surface area contributed by atoms with Crippen LogP contribution in [0.2, 0.25) is 0 Å². The van der Waals surface area contributed by atoms with Crippen LogP contribution in [-0.4, -0.2) is 18.1 Å². The number of piperidine rings is 1. The Hall–Kier alpha value is -2.03. The molecule has 1 saturated heterocycles. The van der Waals surface area contributed by atoms with Gasteiger partial charge in [0.15, 0.2) is 0 Å². The molecular weight excluding hydrogens is 258 g/mol. The Morgan fingerprint density at radius 2 is 2.00 bits per heavy atom. The highest BCUT2D eigenvalue weighted by molar-refractivity contribution is 5.58. The summed E-state index contributed by atoms with van der Waals surface area (Å²) in [4.78, 5) is 6.83. The Labute approximate surface area is 127 Å². The molecular formula is C18H23N3. The van der Waals surface area contributed by atoms with E-state index in [2.05, 4.69) is 46.4 Å². The molecule has 1 aliphatic rings. The average molecular weight is 281 g/mol. The van der Waals surface area contributed by atoms with Gasteiger partial charge in [-0.25, -0.2) is 0 Å². The van der Waals surface area contributed by atoms with E-state index in [1.54, 1.807) is 0 Å². The zero-order chi connectivity index (χ0) is 14.5. The summed E-state index contributed by atoms with van der Waals surface area (Å²) in [6.07, 6.45) is 4.43. The summed E-state index contributed by atoms with van der Waals surface area (Å²) in [7, 11) is 0. The predicted molar refractivity (Wildman–Crippen MR) is 88.6 cm³/mol. The molecule has 0 unspecified atom stereocenters. The zero-order valence-electron chi connectivity index (χ0n) is 12.6. The monoisotopic (exact) mass is 281 g/mol. The first-order valence-corrected chi connectivity index (χ1v) is 7.80. The second kappa shape index (κ2) is 6.61. The second-order valence-electron chi connectivity index (χ2n) is 5.89. The van der Waals surface area contributed by atoms with Crippen LogP contribution in [0.3, 0.4) is 0 Å². The summed E-state index contributed by atoms with van der Waals surface area (Å²) in [5.74, 6) is 0.867. The lowest BCUT2D eigenvalue weighted by molar-refractivity contribution is 0.438. The number of aromatic nitrogens is 1. The van der Waals surface area contributed by atoms with Crippen molar-refractivity contribution in [1.29, 1.82) is 0 Å². The maximum absolute atomic E-state index is 4.34. The van der Waals surface area contributed by atoms with Gasteiger partial charge in [-0.3, -0.25) is 4.98 Å². The number of pyridine rings is 1. The molecule has 3 heteroatoms. The van der Waals surface area contributed by atoms with Gasteiger partial charge in [-0.15, -0.1) is 0 Å². The minimum Gasteiger partial charge on any atom is -0.379 e. The molecule has 0 atom stereocenters. The second-order valence-corrected chi connectivity index (χ2v) is 5.89. The van der Waals surface area contributed by atoms with Crippen LogP contribution in [-0.2, 0) is 6.54 Å². The largest absolute Gasteiger partial charge is 0.379 e. The highest BCUT2D eigenvalue weighted by atomic mass is 15.1. The first kappa shape index (κ1) is 13.9. The van der Waals surface area contributed by atoms with Crippen molar-refractivity contribution in [2.75, 3.05) is 23.3 Å². The van der Waals surface area contributed by atoms with E-state index < -0.39 is 0 Å². The molecule has 2 heterocycles. The molecule has 0 bridgehead atoms. The lowest BCUT2D eigenvalue weighted by Crippen LogP contribution is -2.32. The van der Waals surface area contributed by atoms with Gasteiger partial charge in [-0.2, -0.15) is 0 Å². The van der Waals surface area contributed by atoms with E-state index in [4.69, 9.17) is 0 Å². The van der Waals surface area contributed by atoms with Crippen LogP contribution >= 0.6 is 0 Å². The number of nitrogens with zero attached hydrogens (tertiary/aromatic N) is 2. The van der Waals surface area contributed by atoms with Crippen molar-refractivity contribution >= 4 is 11.4 Å². The SMILES string of the molecule is CC1CCN(c2cccc(NCc3ccccn3)c2)CC1. The Morgan fingerprint density at radius 3 is 2.76 bits per heavy atom. The van der Waals surface area contributed by atoms with E-state index in [1.165, 1.54) is 31.6 Å². The van der Waals surface area contributed by atoms with Gasteiger partial charge in [-0.1, -0.05) is 19.1 Å². The molecule has 0 spiro atoms. The standard InChI is InChI=1S/C18H23N3/c1-15-8-11-21(12-9-15)18-7-4-6-16(13-18)20-14-17-5-2-3-10-19-17/h2-7,10,13,15,20H,8-9,11-12,14H2,1H3. The highest BCUT2D eigenvalue weighted by Gasteiger charge is 2.15. The number of hydrogen-bond donors (Lipinski definition) is 1. The number of anilines is 2. The lowest BCUT2D eigenvalue weighted by Gasteiger charge is -2.32. The van der Waals surface area contributed by atoms with Crippen LogP contribution in [0.5, 0.6) is 0 Å². The number of benzene rings is 1. The van der Waals surface area contributed by atoms with Gasteiger partial charge >= 0.3 is 0 Å². The van der Waals surface area contributed by atoms with Gasteiger partial charge in [0.05, 0.1) is 12.2 Å². The van der Waals surface area contributed by atoms with Crippen LogP contribution in [0.25, 0.3) is 0 Å². The smallest absolute Gasteiger partial charge is 0.0594 e. The number of nitrogens with one attached hydrogen (secondary N) is 1. The minimum absolute atomic E-state index is 0.765. The molecule has 1 aliphatic heterocycles. The van der Waals surface area contributed by atoms with Crippen molar-refractivity contribution in [1.82, 2.24) is 4.98 Å². The van der Waals surface area contributed by atoms with E-state index >= 15 is 0 Å². The number of rotatable bonds is 4. The molecule has 21 heavy (non-hydrogen) atoms. The molecule has 0 aliphatic carbocycles. The van der Waals surface area contributed by atoms with Crippen LogP contribution in [0.1, 0.15) is 25.5 Å². The van der Waals surface area contributed by atoms with Gasteiger partial charge in [0.25, 0.3) is 0 Å². The molecule has 3 rings (SSSR count). The fourth-order valence-electron chi connectivity index (χ4n) is 2.77. The Balaban J connectivity index is 1.63. The maximum Gasteiger partial charge on any atom is 0.0594 e. The third-order valence-corrected chi connectivity index (χ3v) is 4.19. The fraction of sp³-hybridized carbons (Fsp3) is 0.389. The van der Waals surface area contributed by atoms with Crippen molar-refractivity contribution in [2.45, 2.75) is 26.3 Å². The summed E-state index contributed by atoms with van der Waals surface area (Å²) in [6.45, 7) is 5.46. The van der Waals surface area contributed by atoms with Crippen molar-refractivity contribution < 1.29 is 0 Å². The summed E-state index contributed by atoms with van der Waals surface area (Å²) >= 11 is 0. The van der Waals surface area contributed by atoms with Crippen molar-refractivity contribution in [3.63, 3.8) is 0 Å².